The van der Waals surface area contributed by atoms with Gasteiger partial charge in [-0.05, 0) is 6.92 Å². The van der Waals surface area contributed by atoms with Gasteiger partial charge in [0.25, 0.3) is 0 Å². The Kier molecular flexibility index (Phi) is 5.00. The molecule has 24 heavy (non-hydrogen) atoms. The van der Waals surface area contributed by atoms with Gasteiger partial charge in [0.15, 0.2) is 5.76 Å². The highest BCUT2D eigenvalue weighted by Crippen LogP contribution is 2.31. The van der Waals surface area contributed by atoms with Gasteiger partial charge in [0.05, 0.1) is 30.0 Å². The SMILES string of the molecule is CCOC(=O)/C=C1/SCC(=O)N1Cc1cc(-c2ccccc2)on1. The lowest BCUT2D eigenvalue weighted by Crippen LogP contribution is -2.24. The molecule has 0 aliphatic carbocycles. The van der Waals surface area contributed by atoms with Crippen molar-refractivity contribution >= 4 is 23.6 Å². The molecule has 3 rings (SSSR count). The zero-order valence-corrected chi connectivity index (χ0v) is 13.9. The summed E-state index contributed by atoms with van der Waals surface area (Å²) in [5.41, 5.74) is 1.54. The van der Waals surface area contributed by atoms with Crippen LogP contribution in [-0.4, -0.2) is 34.3 Å². The largest absolute Gasteiger partial charge is 0.463 e. The van der Waals surface area contributed by atoms with Crippen molar-refractivity contribution in [1.29, 1.82) is 0 Å². The molecule has 2 aromatic rings. The van der Waals surface area contributed by atoms with Crippen molar-refractivity contribution in [3.8, 4) is 11.3 Å². The van der Waals surface area contributed by atoms with Gasteiger partial charge in [-0.3, -0.25) is 9.69 Å². The molecule has 0 saturated carbocycles. The number of esters is 1. The van der Waals surface area contributed by atoms with Crippen LogP contribution in [0.4, 0.5) is 0 Å². The Balaban J connectivity index is 1.75. The van der Waals surface area contributed by atoms with Crippen LogP contribution in [-0.2, 0) is 20.9 Å². The Labute approximate surface area is 143 Å². The van der Waals surface area contributed by atoms with Crippen LogP contribution in [0.2, 0.25) is 0 Å². The number of rotatable bonds is 5. The molecule has 0 radical (unpaired) electrons. The highest BCUT2D eigenvalue weighted by Gasteiger charge is 2.28. The van der Waals surface area contributed by atoms with Crippen molar-refractivity contribution in [2.45, 2.75) is 13.5 Å². The first-order valence-electron chi connectivity index (χ1n) is 7.50. The van der Waals surface area contributed by atoms with E-state index in [1.165, 1.54) is 22.7 Å². The monoisotopic (exact) mass is 344 g/mol. The molecule has 1 fully saturated rings. The molecule has 0 bridgehead atoms. The van der Waals surface area contributed by atoms with Gasteiger partial charge >= 0.3 is 5.97 Å². The topological polar surface area (TPSA) is 72.6 Å². The van der Waals surface area contributed by atoms with Crippen molar-refractivity contribution in [1.82, 2.24) is 10.1 Å². The van der Waals surface area contributed by atoms with Gasteiger partial charge in [0.1, 0.15) is 5.69 Å². The number of ether oxygens (including phenoxy) is 1. The molecule has 0 atom stereocenters. The molecular formula is C17H16N2O4S. The second-order valence-corrected chi connectivity index (χ2v) is 6.05. The third-order valence-corrected chi connectivity index (χ3v) is 4.40. The Morgan fingerprint density at radius 2 is 2.21 bits per heavy atom. The predicted molar refractivity (Wildman–Crippen MR) is 89.7 cm³/mol. The number of carbonyl (C=O) groups is 2. The Morgan fingerprint density at radius 3 is 2.96 bits per heavy atom. The van der Waals surface area contributed by atoms with E-state index in [2.05, 4.69) is 5.16 Å². The molecule has 1 aliphatic rings. The van der Waals surface area contributed by atoms with Gasteiger partial charge in [-0.15, -0.1) is 0 Å². The van der Waals surface area contributed by atoms with Crippen molar-refractivity contribution in [2.75, 3.05) is 12.4 Å². The number of amides is 1. The van der Waals surface area contributed by atoms with E-state index in [-0.39, 0.29) is 12.5 Å². The van der Waals surface area contributed by atoms with E-state index in [1.54, 1.807) is 13.0 Å². The summed E-state index contributed by atoms with van der Waals surface area (Å²) in [4.78, 5) is 25.2. The first kappa shape index (κ1) is 16.3. The highest BCUT2D eigenvalue weighted by molar-refractivity contribution is 8.04. The Hall–Kier alpha value is -2.54. The maximum absolute atomic E-state index is 12.1. The number of hydrogen-bond acceptors (Lipinski definition) is 6. The molecule has 1 aromatic heterocycles. The molecule has 7 heteroatoms. The minimum atomic E-state index is -0.454. The normalized spacial score (nSPS) is 16.0. The minimum Gasteiger partial charge on any atom is -0.463 e. The fourth-order valence-corrected chi connectivity index (χ4v) is 3.20. The molecule has 1 aliphatic heterocycles. The van der Waals surface area contributed by atoms with E-state index in [4.69, 9.17) is 9.26 Å². The van der Waals surface area contributed by atoms with E-state index in [1.807, 2.05) is 30.3 Å². The second-order valence-electron chi connectivity index (χ2n) is 5.05. The van der Waals surface area contributed by atoms with Crippen LogP contribution in [0.5, 0.6) is 0 Å². The summed E-state index contributed by atoms with van der Waals surface area (Å²) in [6, 6.07) is 11.4. The Morgan fingerprint density at radius 1 is 1.42 bits per heavy atom. The molecule has 1 amide bonds. The number of thioether (sulfide) groups is 1. The van der Waals surface area contributed by atoms with Gasteiger partial charge < -0.3 is 9.26 Å². The van der Waals surface area contributed by atoms with Crippen molar-refractivity contribution in [3.05, 3.63) is 53.2 Å². The Bertz CT molecular complexity index is 770. The van der Waals surface area contributed by atoms with Crippen LogP contribution in [0.15, 0.2) is 52.0 Å². The lowest BCUT2D eigenvalue weighted by Gasteiger charge is -2.14. The zero-order valence-electron chi connectivity index (χ0n) is 13.1. The second kappa shape index (κ2) is 7.35. The minimum absolute atomic E-state index is 0.0696. The van der Waals surface area contributed by atoms with Gasteiger partial charge in [-0.2, -0.15) is 0 Å². The van der Waals surface area contributed by atoms with Gasteiger partial charge in [0.2, 0.25) is 5.91 Å². The fraction of sp³-hybridized carbons (Fsp3) is 0.235. The van der Waals surface area contributed by atoms with Crippen LogP contribution in [0.1, 0.15) is 12.6 Å². The number of nitrogens with zero attached hydrogens (tertiary/aromatic N) is 2. The van der Waals surface area contributed by atoms with Crippen LogP contribution in [0.25, 0.3) is 11.3 Å². The summed E-state index contributed by atoms with van der Waals surface area (Å²) >= 11 is 1.31. The maximum atomic E-state index is 12.1. The molecule has 1 aromatic carbocycles. The number of benzene rings is 1. The van der Waals surface area contributed by atoms with E-state index in [0.717, 1.165) is 5.56 Å². The van der Waals surface area contributed by atoms with Gasteiger partial charge in [-0.25, -0.2) is 4.79 Å². The number of hydrogen-bond donors (Lipinski definition) is 0. The van der Waals surface area contributed by atoms with Crippen LogP contribution >= 0.6 is 11.8 Å². The van der Waals surface area contributed by atoms with E-state index in [0.29, 0.717) is 28.8 Å². The smallest absolute Gasteiger partial charge is 0.333 e. The molecule has 2 heterocycles. The molecular weight excluding hydrogens is 328 g/mol. The molecule has 0 N–H and O–H groups in total. The third-order valence-electron chi connectivity index (χ3n) is 3.38. The first-order chi connectivity index (χ1) is 11.7. The summed E-state index contributed by atoms with van der Waals surface area (Å²) in [5.74, 6) is 0.416. The van der Waals surface area contributed by atoms with Crippen LogP contribution < -0.4 is 0 Å². The zero-order chi connectivity index (χ0) is 16.9. The number of aromatic nitrogens is 1. The molecule has 1 saturated heterocycles. The summed E-state index contributed by atoms with van der Waals surface area (Å²) in [7, 11) is 0. The fourth-order valence-electron chi connectivity index (χ4n) is 2.27. The standard InChI is InChI=1S/C17H16N2O4S/c1-2-22-17(21)9-16-19(15(20)11-24-16)10-13-8-14(23-18-13)12-6-4-3-5-7-12/h3-9H,2,10-11H2,1H3/b16-9+. The maximum Gasteiger partial charge on any atom is 0.333 e. The summed E-state index contributed by atoms with van der Waals surface area (Å²) in [6.45, 7) is 2.29. The van der Waals surface area contributed by atoms with Gasteiger partial charge in [-0.1, -0.05) is 47.3 Å². The van der Waals surface area contributed by atoms with Crippen molar-refractivity contribution in [2.24, 2.45) is 0 Å². The quantitative estimate of drug-likeness (QED) is 0.613. The lowest BCUT2D eigenvalue weighted by atomic mass is 10.1. The van der Waals surface area contributed by atoms with Crippen molar-refractivity contribution in [3.63, 3.8) is 0 Å². The summed E-state index contributed by atoms with van der Waals surface area (Å²) in [5, 5.41) is 4.59. The first-order valence-corrected chi connectivity index (χ1v) is 8.48. The molecule has 6 nitrogen and oxygen atoms in total. The number of carbonyl (C=O) groups excluding carboxylic acids is 2. The predicted octanol–water partition coefficient (Wildman–Crippen LogP) is 2.82. The van der Waals surface area contributed by atoms with E-state index >= 15 is 0 Å². The van der Waals surface area contributed by atoms with Crippen LogP contribution in [0.3, 0.4) is 0 Å². The molecule has 0 spiro atoms. The van der Waals surface area contributed by atoms with Crippen LogP contribution in [0, 0.1) is 0 Å². The van der Waals surface area contributed by atoms with E-state index < -0.39 is 5.97 Å². The van der Waals surface area contributed by atoms with Crippen molar-refractivity contribution < 1.29 is 18.8 Å². The third kappa shape index (κ3) is 3.68. The summed E-state index contributed by atoms with van der Waals surface area (Å²) < 4.78 is 10.2. The summed E-state index contributed by atoms with van der Waals surface area (Å²) in [6.07, 6.45) is 1.34. The lowest BCUT2D eigenvalue weighted by molar-refractivity contribution is -0.137. The van der Waals surface area contributed by atoms with Gasteiger partial charge in [0, 0.05) is 11.6 Å². The highest BCUT2D eigenvalue weighted by atomic mass is 32.2. The average Bonchev–Trinajstić information content (AvgIpc) is 3.18. The molecule has 124 valence electrons. The molecule has 0 unspecified atom stereocenters. The average molecular weight is 344 g/mol. The van der Waals surface area contributed by atoms with E-state index in [9.17, 15) is 9.59 Å².